The number of aliphatic hydroxyl groups excluding tert-OH is 2. The van der Waals surface area contributed by atoms with Crippen molar-refractivity contribution < 1.29 is 36.7 Å². The molecular weight excluding hydrogens is 540 g/mol. The maximum Gasteiger partial charge on any atom is 0.102 e. The summed E-state index contributed by atoms with van der Waals surface area (Å²) in [6.07, 6.45) is 28.0. The van der Waals surface area contributed by atoms with E-state index in [1.54, 1.807) is 0 Å². The van der Waals surface area contributed by atoms with Crippen LogP contribution in [-0.2, 0) is 10.4 Å². The van der Waals surface area contributed by atoms with Gasteiger partial charge in [-0.3, -0.25) is 8.42 Å². The molecule has 0 aliphatic carbocycles. The van der Waals surface area contributed by atoms with E-state index in [9.17, 15) is 0 Å². The predicted octanol–water partition coefficient (Wildman–Crippen LogP) is 6.61. The van der Waals surface area contributed by atoms with Crippen LogP contribution in [0.15, 0.2) is 0 Å². The van der Waals surface area contributed by atoms with Crippen LogP contribution in [0.25, 0.3) is 0 Å². The summed E-state index contributed by atoms with van der Waals surface area (Å²) in [5.41, 5.74) is 0. The average molecular weight is 613 g/mol. The molecule has 0 saturated heterocycles. The molecule has 0 amide bonds. The minimum absolute atomic E-state index is 0.310. The van der Waals surface area contributed by atoms with Gasteiger partial charge in [0.1, 0.15) is 13.1 Å². The summed E-state index contributed by atoms with van der Waals surface area (Å²) in [5.74, 6) is 0. The minimum Gasteiger partial charge on any atom is -0.759 e. The second kappa shape index (κ2) is 31.1. The second-order valence-corrected chi connectivity index (χ2v) is 13.8. The third-order valence-corrected chi connectivity index (χ3v) is 7.64. The van der Waals surface area contributed by atoms with Crippen LogP contribution >= 0.6 is 0 Å². The highest BCUT2D eigenvalue weighted by Crippen LogP contribution is 2.12. The smallest absolute Gasteiger partial charge is 0.102 e. The lowest BCUT2D eigenvalue weighted by Gasteiger charge is -2.28. The first-order valence-corrected chi connectivity index (χ1v) is 18.1. The second-order valence-electron chi connectivity index (χ2n) is 13.0. The van der Waals surface area contributed by atoms with Crippen LogP contribution in [0.5, 0.6) is 0 Å². The van der Waals surface area contributed by atoms with Crippen LogP contribution in [0.3, 0.4) is 0 Å². The molecule has 0 saturated carbocycles. The first-order chi connectivity index (χ1) is 19.2. The van der Waals surface area contributed by atoms with Crippen molar-refractivity contribution >= 4 is 10.4 Å². The Hall–Kier alpha value is -0.290. The van der Waals surface area contributed by atoms with Crippen molar-refractivity contribution in [3.63, 3.8) is 0 Å². The summed E-state index contributed by atoms with van der Waals surface area (Å²) in [7, 11) is 3.68. The molecule has 2 N–H and O–H groups in total. The van der Waals surface area contributed by atoms with Crippen LogP contribution in [0.2, 0.25) is 0 Å². The Kier molecular flexibility index (Phi) is 34.3. The van der Waals surface area contributed by atoms with E-state index in [1.165, 1.54) is 142 Å². The van der Waals surface area contributed by atoms with E-state index < -0.39 is 10.4 Å². The third-order valence-electron chi connectivity index (χ3n) is 7.64. The zero-order valence-corrected chi connectivity index (χ0v) is 29.0. The molecule has 252 valence electrons. The number of hydrogen-bond donors (Lipinski definition) is 2. The quantitative estimate of drug-likeness (QED) is 0.0491. The van der Waals surface area contributed by atoms with Crippen molar-refractivity contribution in [3.05, 3.63) is 0 Å². The Bertz CT molecular complexity index is 569. The average Bonchev–Trinajstić information content (AvgIpc) is 2.85. The van der Waals surface area contributed by atoms with Crippen LogP contribution in [0.1, 0.15) is 142 Å². The van der Waals surface area contributed by atoms with E-state index in [0.29, 0.717) is 13.2 Å². The van der Waals surface area contributed by atoms with Crippen molar-refractivity contribution in [1.29, 1.82) is 0 Å². The molecule has 8 nitrogen and oxygen atoms in total. The van der Waals surface area contributed by atoms with Crippen LogP contribution in [0.4, 0.5) is 0 Å². The largest absolute Gasteiger partial charge is 0.759 e. The number of aliphatic hydroxyl groups is 2. The van der Waals surface area contributed by atoms with Crippen molar-refractivity contribution in [2.75, 3.05) is 67.6 Å². The fraction of sp³-hybridized carbons (Fsp3) is 1.00. The lowest BCUT2D eigenvalue weighted by atomic mass is 10.1. The first-order valence-electron chi connectivity index (χ1n) is 16.8. The predicted molar refractivity (Wildman–Crippen MR) is 172 cm³/mol. The Labute approximate surface area is 256 Å². The number of quaternary nitrogens is 2. The molecule has 9 heteroatoms. The van der Waals surface area contributed by atoms with E-state index in [4.69, 9.17) is 27.7 Å². The summed E-state index contributed by atoms with van der Waals surface area (Å²) in [4.78, 5) is 0. The van der Waals surface area contributed by atoms with Crippen LogP contribution in [-0.4, -0.2) is 104 Å². The summed E-state index contributed by atoms with van der Waals surface area (Å²) < 4.78 is 36.0. The van der Waals surface area contributed by atoms with Gasteiger partial charge in [-0.1, -0.05) is 117 Å². The molecule has 41 heavy (non-hydrogen) atoms. The minimum atomic E-state index is -5.17. The summed E-state index contributed by atoms with van der Waals surface area (Å²) in [5, 5.41) is 17.9. The van der Waals surface area contributed by atoms with Gasteiger partial charge in [-0.05, 0) is 25.7 Å². The maximum absolute atomic E-state index is 8.95. The number of nitrogens with zero attached hydrogens (tertiary/aromatic N) is 2. The maximum atomic E-state index is 8.95. The fourth-order valence-electron chi connectivity index (χ4n) is 4.82. The summed E-state index contributed by atoms with van der Waals surface area (Å²) in [6, 6.07) is 0. The van der Waals surface area contributed by atoms with Gasteiger partial charge in [-0.25, -0.2) is 0 Å². The Balaban J connectivity index is -0.000000604. The Morgan fingerprint density at radius 3 is 0.829 bits per heavy atom. The van der Waals surface area contributed by atoms with E-state index >= 15 is 0 Å². The molecule has 0 rings (SSSR count). The van der Waals surface area contributed by atoms with E-state index in [-0.39, 0.29) is 0 Å². The standard InChI is InChI=1S/2C16H36NO.H2O4S/c2*1-4-5-6-7-8-9-10-11-12-13-14-17(2,3)15-16-18;1-5(2,3)4/h2*18H,4-16H2,1-3H3;(H2,1,2,3,4)/q2*+1;/p-2. The molecule has 0 aromatic carbocycles. The molecule has 0 heterocycles. The zero-order chi connectivity index (χ0) is 31.9. The number of rotatable bonds is 26. The van der Waals surface area contributed by atoms with Gasteiger partial charge in [0.25, 0.3) is 0 Å². The Morgan fingerprint density at radius 1 is 0.439 bits per heavy atom. The summed E-state index contributed by atoms with van der Waals surface area (Å²) >= 11 is 0. The number of hydrogen-bond acceptors (Lipinski definition) is 6. The molecule has 0 unspecified atom stereocenters. The molecule has 0 spiro atoms. The molecule has 0 fully saturated rings. The van der Waals surface area contributed by atoms with Gasteiger partial charge in [0.05, 0.1) is 54.5 Å². The topological polar surface area (TPSA) is 121 Å². The van der Waals surface area contributed by atoms with Gasteiger partial charge in [-0.15, -0.1) is 0 Å². The van der Waals surface area contributed by atoms with Crippen molar-refractivity contribution in [3.8, 4) is 0 Å². The van der Waals surface area contributed by atoms with Crippen molar-refractivity contribution in [2.45, 2.75) is 142 Å². The molecule has 0 bridgehead atoms. The molecule has 0 aromatic heterocycles. The van der Waals surface area contributed by atoms with Gasteiger partial charge in [0, 0.05) is 10.4 Å². The number of unbranched alkanes of at least 4 members (excludes halogenated alkanes) is 18. The fourth-order valence-corrected chi connectivity index (χ4v) is 4.82. The molecule has 0 aliphatic rings. The third kappa shape index (κ3) is 49.7. The Morgan fingerprint density at radius 2 is 0.634 bits per heavy atom. The number of likely N-dealkylation sites (N-methyl/N-ethyl adjacent to an activating group) is 2. The molecule has 0 aliphatic heterocycles. The zero-order valence-electron chi connectivity index (χ0n) is 28.2. The normalized spacial score (nSPS) is 12.0. The van der Waals surface area contributed by atoms with Crippen LogP contribution < -0.4 is 0 Å². The van der Waals surface area contributed by atoms with Gasteiger partial charge in [0.2, 0.25) is 0 Å². The van der Waals surface area contributed by atoms with E-state index in [2.05, 4.69) is 42.0 Å². The molecule has 0 atom stereocenters. The van der Waals surface area contributed by atoms with Crippen molar-refractivity contribution in [2.24, 2.45) is 0 Å². The highest BCUT2D eigenvalue weighted by molar-refractivity contribution is 7.79. The van der Waals surface area contributed by atoms with Gasteiger partial charge >= 0.3 is 0 Å². The van der Waals surface area contributed by atoms with E-state index in [1.807, 2.05) is 0 Å². The van der Waals surface area contributed by atoms with Gasteiger partial charge < -0.3 is 28.3 Å². The molecule has 0 radical (unpaired) electrons. The SMILES string of the molecule is CCCCCCCCCCCC[N+](C)(C)CCO.CCCCCCCCCCCC[N+](C)(C)CCO.O=S(=O)([O-])[O-]. The van der Waals surface area contributed by atoms with Gasteiger partial charge in [-0.2, -0.15) is 0 Å². The van der Waals surface area contributed by atoms with E-state index in [0.717, 1.165) is 22.1 Å². The highest BCUT2D eigenvalue weighted by Gasteiger charge is 2.13. The molecule has 0 aromatic rings. The first kappa shape index (κ1) is 45.1. The van der Waals surface area contributed by atoms with Crippen molar-refractivity contribution in [1.82, 2.24) is 0 Å². The molecular formula is C32H72N2O6S. The highest BCUT2D eigenvalue weighted by atomic mass is 32.3. The van der Waals surface area contributed by atoms with Gasteiger partial charge in [0.15, 0.2) is 0 Å². The lowest BCUT2D eigenvalue weighted by molar-refractivity contribution is -0.890. The monoisotopic (exact) mass is 613 g/mol. The summed E-state index contributed by atoms with van der Waals surface area (Å²) in [6.45, 7) is 9.35. The van der Waals surface area contributed by atoms with Crippen LogP contribution in [0, 0.1) is 0 Å². The lowest BCUT2D eigenvalue weighted by Crippen LogP contribution is -2.42.